The van der Waals surface area contributed by atoms with Crippen molar-refractivity contribution >= 4 is 64.9 Å². The number of hydrogen-bond donors (Lipinski definition) is 10. The van der Waals surface area contributed by atoms with Gasteiger partial charge in [0.05, 0.1) is 19.5 Å². The molecule has 0 aromatic carbocycles. The van der Waals surface area contributed by atoms with Crippen molar-refractivity contribution in [2.75, 3.05) is 37.8 Å². The molecular weight excluding hydrogens is 754 g/mol. The summed E-state index contributed by atoms with van der Waals surface area (Å²) >= 11 is 3.95. The Labute approximate surface area is 305 Å². The van der Waals surface area contributed by atoms with Gasteiger partial charge in [-0.25, -0.2) is 28.6 Å². The van der Waals surface area contributed by atoms with Gasteiger partial charge >= 0.3 is 53.0 Å². The molecule has 2 aromatic heterocycles. The minimum atomic E-state index is -5.54. The molecule has 0 bridgehead atoms. The maximum absolute atomic E-state index is 12.6. The molecule has 3 unspecified atom stereocenters. The molecule has 0 radical (unpaired) electrons. The first-order chi connectivity index (χ1) is 22.2. The van der Waals surface area contributed by atoms with Crippen molar-refractivity contribution in [3.8, 4) is 0 Å². The largest absolute Gasteiger partial charge is 1.00 e. The molecule has 1 aliphatic rings. The van der Waals surface area contributed by atoms with Gasteiger partial charge in [0.1, 0.15) is 36.3 Å². The van der Waals surface area contributed by atoms with Crippen LogP contribution < -0.4 is 45.9 Å². The average molecular weight is 791 g/mol. The Balaban J connectivity index is 0.00000833. The van der Waals surface area contributed by atoms with Crippen LogP contribution in [0.1, 0.15) is 26.5 Å². The van der Waals surface area contributed by atoms with E-state index in [1.807, 2.05) is 0 Å². The van der Waals surface area contributed by atoms with E-state index in [0.29, 0.717) is 12.3 Å². The monoisotopic (exact) mass is 790 g/mol. The SMILES string of the molecule is CC(C)(COP(=O)(O)OP(=O)(O)OC[C@H]1OC(n2cnc3c(N)ncnc32)[C@H](O)[C@@H]1OP(=O)(O)O)[C@@H](O)C(=O)NCCC(=O)NCCS.[Na+]. The van der Waals surface area contributed by atoms with Crippen LogP contribution in [0.2, 0.25) is 0 Å². The first-order valence-electron chi connectivity index (χ1n) is 13.7. The van der Waals surface area contributed by atoms with E-state index < -0.39 is 78.6 Å². The van der Waals surface area contributed by atoms with Gasteiger partial charge < -0.3 is 50.9 Å². The summed E-state index contributed by atoms with van der Waals surface area (Å²) in [5, 5.41) is 26.1. The molecule has 23 nitrogen and oxygen atoms in total. The van der Waals surface area contributed by atoms with Crippen LogP contribution in [0, 0.1) is 5.41 Å². The van der Waals surface area contributed by atoms with Crippen molar-refractivity contribution in [3.05, 3.63) is 12.7 Å². The molecule has 1 saturated heterocycles. The smallest absolute Gasteiger partial charge is 0.386 e. The number of nitrogens with two attached hydrogens (primary N) is 1. The molecule has 7 atom stereocenters. The number of phosphoric acid groups is 3. The second-order valence-corrected chi connectivity index (χ2v) is 15.5. The van der Waals surface area contributed by atoms with Gasteiger partial charge in [0.15, 0.2) is 17.7 Å². The molecule has 10 N–H and O–H groups in total. The minimum Gasteiger partial charge on any atom is -0.386 e. The fourth-order valence-corrected chi connectivity index (χ4v) is 7.08. The Morgan fingerprint density at radius 2 is 1.76 bits per heavy atom. The third-order valence-corrected chi connectivity index (χ3v) is 9.83. The van der Waals surface area contributed by atoms with Gasteiger partial charge in [0, 0.05) is 30.7 Å². The molecule has 272 valence electrons. The number of aliphatic hydroxyl groups excluding tert-OH is 2. The van der Waals surface area contributed by atoms with E-state index in [2.05, 4.69) is 47.0 Å². The second kappa shape index (κ2) is 18.1. The predicted molar refractivity (Wildman–Crippen MR) is 163 cm³/mol. The fraction of sp³-hybridized carbons (Fsp3) is 0.667. The molecule has 3 heterocycles. The van der Waals surface area contributed by atoms with Crippen LogP contribution in [0.25, 0.3) is 11.2 Å². The molecule has 0 saturated carbocycles. The number of rotatable bonds is 18. The molecule has 28 heteroatoms. The summed E-state index contributed by atoms with van der Waals surface area (Å²) in [4.78, 5) is 74.6. The number of fused-ring (bicyclic) bond motifs is 1. The summed E-state index contributed by atoms with van der Waals surface area (Å²) < 4.78 is 61.7. The number of nitrogens with zero attached hydrogens (tertiary/aromatic N) is 4. The molecule has 49 heavy (non-hydrogen) atoms. The summed E-state index contributed by atoms with van der Waals surface area (Å²) in [6.45, 7) is 0.723. The number of thiol groups is 1. The van der Waals surface area contributed by atoms with Gasteiger partial charge in [-0.3, -0.25) is 27.7 Å². The molecule has 1 fully saturated rings. The van der Waals surface area contributed by atoms with E-state index in [1.165, 1.54) is 13.8 Å². The Morgan fingerprint density at radius 3 is 2.39 bits per heavy atom. The second-order valence-electron chi connectivity index (χ2n) is 10.8. The Bertz CT molecular complexity index is 1600. The summed E-state index contributed by atoms with van der Waals surface area (Å²) in [6.07, 6.45) is -6.74. The quantitative estimate of drug-likeness (QED) is 0.0385. The third-order valence-electron chi connectivity index (χ3n) is 6.51. The molecule has 1 aliphatic heterocycles. The third kappa shape index (κ3) is 12.8. The van der Waals surface area contributed by atoms with Gasteiger partial charge in [-0.2, -0.15) is 16.9 Å². The zero-order valence-electron chi connectivity index (χ0n) is 26.2. The summed E-state index contributed by atoms with van der Waals surface area (Å²) in [7, 11) is -16.3. The topological polar surface area (TPSA) is 347 Å². The number of aliphatic hydroxyl groups is 2. The number of nitrogen functional groups attached to an aromatic ring is 1. The van der Waals surface area contributed by atoms with E-state index in [1.54, 1.807) is 0 Å². The van der Waals surface area contributed by atoms with Crippen LogP contribution in [-0.2, 0) is 45.9 Å². The number of anilines is 1. The van der Waals surface area contributed by atoms with Crippen LogP contribution in [0.5, 0.6) is 0 Å². The number of hydrogen-bond acceptors (Lipinski definition) is 17. The van der Waals surface area contributed by atoms with Crippen molar-refractivity contribution in [1.29, 1.82) is 0 Å². The van der Waals surface area contributed by atoms with E-state index >= 15 is 0 Å². The van der Waals surface area contributed by atoms with E-state index in [4.69, 9.17) is 19.5 Å². The molecule has 3 rings (SSSR count). The van der Waals surface area contributed by atoms with Crippen molar-refractivity contribution in [1.82, 2.24) is 30.2 Å². The van der Waals surface area contributed by atoms with Crippen LogP contribution in [0.4, 0.5) is 5.82 Å². The van der Waals surface area contributed by atoms with Crippen molar-refractivity contribution in [2.24, 2.45) is 5.41 Å². The normalized spacial score (nSPS) is 22.9. The van der Waals surface area contributed by atoms with Crippen LogP contribution in [-0.4, -0.2) is 118 Å². The van der Waals surface area contributed by atoms with E-state index in [-0.39, 0.29) is 65.4 Å². The maximum atomic E-state index is 12.6. The number of imidazole rings is 1. The minimum absolute atomic E-state index is 0. The first kappa shape index (κ1) is 44.1. The molecule has 0 spiro atoms. The Morgan fingerprint density at radius 1 is 1.10 bits per heavy atom. The Kier molecular flexibility index (Phi) is 16.3. The number of phosphoric ester groups is 3. The van der Waals surface area contributed by atoms with Gasteiger partial charge in [0.25, 0.3) is 0 Å². The molecule has 2 amide bonds. The Hall–Kier alpha value is -1.11. The standard InChI is InChI=1S/C21H36N7O16P3S.Na/c1-21(2,16(31)19(32)24-4-3-12(29)23-5-6-48)8-41-47(38,39)44-46(36,37)40-7-11-15(43-45(33,34)35)14(30)20(42-11)28-10-27-13-17(22)25-9-26-18(13)28;/h9-11,14-16,20,30-31,48H,3-8H2,1-2H3,(H,23,29)(H,24,32)(H,36,37)(H,38,39)(H2,22,25,26)(H2,33,34,35);/q;+1/t11-,14-,15-,16+,20?;/m1./s1. The van der Waals surface area contributed by atoms with Crippen molar-refractivity contribution < 1.29 is 105 Å². The number of ether oxygens (including phenoxy) is 1. The number of nitrogens with one attached hydrogen (secondary N) is 2. The van der Waals surface area contributed by atoms with E-state index in [9.17, 15) is 53.1 Å². The van der Waals surface area contributed by atoms with Gasteiger partial charge in [-0.05, 0) is 0 Å². The average Bonchev–Trinajstić information content (AvgIpc) is 3.54. The van der Waals surface area contributed by atoms with E-state index in [0.717, 1.165) is 17.2 Å². The van der Waals surface area contributed by atoms with Crippen molar-refractivity contribution in [3.63, 3.8) is 0 Å². The zero-order valence-corrected chi connectivity index (χ0v) is 31.8. The number of aromatic nitrogens is 4. The van der Waals surface area contributed by atoms with Crippen LogP contribution in [0.15, 0.2) is 12.7 Å². The first-order valence-corrected chi connectivity index (χ1v) is 18.8. The summed E-state index contributed by atoms with van der Waals surface area (Å²) in [5.74, 6) is -0.943. The van der Waals surface area contributed by atoms with Gasteiger partial charge in [0.2, 0.25) is 11.8 Å². The van der Waals surface area contributed by atoms with Crippen LogP contribution in [0.3, 0.4) is 0 Å². The predicted octanol–water partition coefficient (Wildman–Crippen LogP) is -4.66. The number of carbonyl (C=O) groups excluding carboxylic acids is 2. The van der Waals surface area contributed by atoms with Gasteiger partial charge in [-0.1, -0.05) is 13.8 Å². The number of carbonyl (C=O) groups is 2. The van der Waals surface area contributed by atoms with Crippen LogP contribution >= 0.6 is 36.1 Å². The fourth-order valence-electron chi connectivity index (χ4n) is 4.14. The summed E-state index contributed by atoms with van der Waals surface area (Å²) in [6, 6.07) is 0. The molecule has 2 aromatic rings. The van der Waals surface area contributed by atoms with Crippen molar-refractivity contribution in [2.45, 2.75) is 50.9 Å². The number of amides is 2. The zero-order chi connectivity index (χ0) is 36.1. The molecular formula is C21H36N7NaO16P3S+. The van der Waals surface area contributed by atoms with Gasteiger partial charge in [-0.15, -0.1) is 0 Å². The summed E-state index contributed by atoms with van der Waals surface area (Å²) in [5.41, 5.74) is 4.30. The molecule has 0 aliphatic carbocycles. The maximum Gasteiger partial charge on any atom is 1.00 e.